The molecule has 0 unspecified atom stereocenters. The molecule has 2 nitrogen and oxygen atoms in total. The van der Waals surface area contributed by atoms with Crippen molar-refractivity contribution in [3.8, 4) is 5.69 Å². The molecule has 30 heavy (non-hydrogen) atoms. The van der Waals surface area contributed by atoms with Crippen LogP contribution in [0.15, 0.2) is 97.1 Å². The number of para-hydroxylation sites is 3. The lowest BCUT2D eigenvalue weighted by Gasteiger charge is -2.12. The summed E-state index contributed by atoms with van der Waals surface area (Å²) in [4.78, 5) is 5.09. The van der Waals surface area contributed by atoms with E-state index >= 15 is 0 Å². The van der Waals surface area contributed by atoms with Gasteiger partial charge in [0.25, 0.3) is 0 Å². The molecule has 0 radical (unpaired) electrons. The minimum Gasteiger partial charge on any atom is -0.307 e. The highest BCUT2D eigenvalue weighted by molar-refractivity contribution is 7.26. The molecule has 0 saturated heterocycles. The zero-order valence-electron chi connectivity index (χ0n) is 16.0. The van der Waals surface area contributed by atoms with Crippen LogP contribution in [0.3, 0.4) is 0 Å². The average molecular weight is 401 g/mol. The molecule has 0 atom stereocenters. The SMILES string of the molecule is c1ccc2c(-n3c4ccccc4c4ccccc43)c3sc4ccccc4c3nc2c1. The Balaban J connectivity index is 1.80. The number of aromatic nitrogens is 2. The van der Waals surface area contributed by atoms with Crippen LogP contribution in [-0.2, 0) is 0 Å². The first-order valence-corrected chi connectivity index (χ1v) is 10.9. The first kappa shape index (κ1) is 16.1. The number of nitrogens with zero attached hydrogens (tertiary/aromatic N) is 2. The number of fused-ring (bicyclic) bond motifs is 7. The van der Waals surface area contributed by atoms with E-state index in [1.54, 1.807) is 0 Å². The molecule has 0 aliphatic carbocycles. The molecule has 0 aliphatic rings. The molecule has 0 saturated carbocycles. The maximum atomic E-state index is 5.09. The molecule has 3 heteroatoms. The maximum absolute atomic E-state index is 5.09. The summed E-state index contributed by atoms with van der Waals surface area (Å²) in [5.41, 5.74) is 5.81. The Morgan fingerprint density at radius 1 is 0.567 bits per heavy atom. The zero-order chi connectivity index (χ0) is 19.7. The number of benzene rings is 4. The smallest absolute Gasteiger partial charge is 0.0917 e. The maximum Gasteiger partial charge on any atom is 0.0917 e. The Kier molecular flexibility index (Phi) is 3.18. The van der Waals surface area contributed by atoms with Gasteiger partial charge in [-0.2, -0.15) is 0 Å². The molecule has 0 N–H and O–H groups in total. The van der Waals surface area contributed by atoms with E-state index in [1.165, 1.54) is 47.7 Å². The van der Waals surface area contributed by atoms with Crippen LogP contribution in [-0.4, -0.2) is 9.55 Å². The van der Waals surface area contributed by atoms with Crippen LogP contribution in [0.2, 0.25) is 0 Å². The van der Waals surface area contributed by atoms with Crippen molar-refractivity contribution in [1.82, 2.24) is 9.55 Å². The Hall–Kier alpha value is -3.69. The van der Waals surface area contributed by atoms with Crippen molar-refractivity contribution >= 4 is 64.3 Å². The van der Waals surface area contributed by atoms with E-state index in [1.807, 2.05) is 11.3 Å². The first-order valence-electron chi connectivity index (χ1n) is 10.1. The molecule has 7 rings (SSSR count). The second kappa shape index (κ2) is 5.91. The normalized spacial score (nSPS) is 12.0. The third-order valence-electron chi connectivity index (χ3n) is 5.98. The van der Waals surface area contributed by atoms with Crippen molar-refractivity contribution < 1.29 is 0 Å². The van der Waals surface area contributed by atoms with E-state index in [0.29, 0.717) is 0 Å². The van der Waals surface area contributed by atoms with Crippen molar-refractivity contribution in [3.05, 3.63) is 97.1 Å². The molecule has 4 aromatic carbocycles. The first-order chi connectivity index (χ1) is 14.9. The van der Waals surface area contributed by atoms with Gasteiger partial charge in [0.1, 0.15) is 0 Å². The van der Waals surface area contributed by atoms with Crippen LogP contribution in [0.1, 0.15) is 0 Å². The summed E-state index contributed by atoms with van der Waals surface area (Å²) in [5, 5.41) is 4.97. The third kappa shape index (κ3) is 2.05. The molecule has 0 bridgehead atoms. The number of thiophene rings is 1. The van der Waals surface area contributed by atoms with E-state index in [4.69, 9.17) is 4.98 Å². The third-order valence-corrected chi connectivity index (χ3v) is 7.15. The summed E-state index contributed by atoms with van der Waals surface area (Å²) in [6.07, 6.45) is 0. The van der Waals surface area contributed by atoms with Crippen molar-refractivity contribution in [2.45, 2.75) is 0 Å². The summed E-state index contributed by atoms with van der Waals surface area (Å²) in [7, 11) is 0. The summed E-state index contributed by atoms with van der Waals surface area (Å²) in [5.74, 6) is 0. The molecule has 140 valence electrons. The van der Waals surface area contributed by atoms with E-state index < -0.39 is 0 Å². The largest absolute Gasteiger partial charge is 0.307 e. The molecule has 0 fully saturated rings. The van der Waals surface area contributed by atoms with Crippen LogP contribution >= 0.6 is 11.3 Å². The number of hydrogen-bond donors (Lipinski definition) is 0. The van der Waals surface area contributed by atoms with E-state index in [9.17, 15) is 0 Å². The predicted octanol–water partition coefficient (Wildman–Crippen LogP) is 7.70. The topological polar surface area (TPSA) is 17.8 Å². The standard InChI is InChI=1S/C27H16N2S/c1-5-13-21-19(11-1)26(27-25(28-21)20-12-4-8-16-24(20)30-27)29-22-14-6-2-9-17(22)18-10-3-7-15-23(18)29/h1-16H. The van der Waals surface area contributed by atoms with E-state index in [0.717, 1.165) is 11.0 Å². The van der Waals surface area contributed by atoms with Gasteiger partial charge in [0, 0.05) is 26.2 Å². The lowest BCUT2D eigenvalue weighted by molar-refractivity contribution is 1.21. The van der Waals surface area contributed by atoms with Crippen LogP contribution in [0, 0.1) is 0 Å². The fourth-order valence-corrected chi connectivity index (χ4v) is 5.89. The Morgan fingerprint density at radius 3 is 1.87 bits per heavy atom. The minimum atomic E-state index is 1.03. The highest BCUT2D eigenvalue weighted by atomic mass is 32.1. The Morgan fingerprint density at radius 2 is 1.13 bits per heavy atom. The van der Waals surface area contributed by atoms with Crippen LogP contribution in [0.25, 0.3) is 58.7 Å². The van der Waals surface area contributed by atoms with Crippen molar-refractivity contribution in [2.75, 3.05) is 0 Å². The Labute approximate surface area is 176 Å². The summed E-state index contributed by atoms with van der Waals surface area (Å²) in [6.45, 7) is 0. The van der Waals surface area contributed by atoms with Gasteiger partial charge in [-0.3, -0.25) is 0 Å². The van der Waals surface area contributed by atoms with Gasteiger partial charge in [0.15, 0.2) is 0 Å². The molecule has 3 heterocycles. The van der Waals surface area contributed by atoms with Gasteiger partial charge in [-0.15, -0.1) is 11.3 Å². The van der Waals surface area contributed by atoms with Crippen molar-refractivity contribution in [2.24, 2.45) is 0 Å². The fourth-order valence-electron chi connectivity index (χ4n) is 4.70. The summed E-state index contributed by atoms with van der Waals surface area (Å²) in [6, 6.07) is 34.5. The molecule has 3 aromatic heterocycles. The zero-order valence-corrected chi connectivity index (χ0v) is 16.9. The van der Waals surface area contributed by atoms with Crippen LogP contribution in [0.5, 0.6) is 0 Å². The fraction of sp³-hybridized carbons (Fsp3) is 0. The molecule has 7 aromatic rings. The molecular weight excluding hydrogens is 384 g/mol. The van der Waals surface area contributed by atoms with Gasteiger partial charge in [-0.1, -0.05) is 72.8 Å². The van der Waals surface area contributed by atoms with Crippen molar-refractivity contribution in [1.29, 1.82) is 0 Å². The van der Waals surface area contributed by atoms with Gasteiger partial charge in [0.05, 0.1) is 32.5 Å². The van der Waals surface area contributed by atoms with Gasteiger partial charge in [-0.05, 0) is 24.3 Å². The number of pyridine rings is 1. The quantitative estimate of drug-likeness (QED) is 0.276. The van der Waals surface area contributed by atoms with Gasteiger partial charge in [0.2, 0.25) is 0 Å². The number of hydrogen-bond acceptors (Lipinski definition) is 2. The average Bonchev–Trinajstić information content (AvgIpc) is 3.33. The molecule has 0 spiro atoms. The Bertz CT molecular complexity index is 1700. The molecule has 0 amide bonds. The highest BCUT2D eigenvalue weighted by Crippen LogP contribution is 2.42. The van der Waals surface area contributed by atoms with Crippen LogP contribution in [0.4, 0.5) is 0 Å². The minimum absolute atomic E-state index is 1.03. The van der Waals surface area contributed by atoms with Crippen molar-refractivity contribution in [3.63, 3.8) is 0 Å². The van der Waals surface area contributed by atoms with Gasteiger partial charge >= 0.3 is 0 Å². The van der Waals surface area contributed by atoms with E-state index in [-0.39, 0.29) is 0 Å². The predicted molar refractivity (Wildman–Crippen MR) is 129 cm³/mol. The molecular formula is C27H16N2S. The summed E-state index contributed by atoms with van der Waals surface area (Å²) < 4.78 is 4.95. The lowest BCUT2D eigenvalue weighted by Crippen LogP contribution is -1.97. The monoisotopic (exact) mass is 400 g/mol. The lowest BCUT2D eigenvalue weighted by atomic mass is 10.1. The molecule has 0 aliphatic heterocycles. The van der Waals surface area contributed by atoms with Crippen LogP contribution < -0.4 is 0 Å². The number of rotatable bonds is 1. The van der Waals surface area contributed by atoms with Gasteiger partial charge in [-0.25, -0.2) is 4.98 Å². The van der Waals surface area contributed by atoms with E-state index in [2.05, 4.69) is 102 Å². The second-order valence-corrected chi connectivity index (χ2v) is 8.68. The summed E-state index contributed by atoms with van der Waals surface area (Å²) >= 11 is 1.84. The van der Waals surface area contributed by atoms with Gasteiger partial charge < -0.3 is 4.57 Å². The highest BCUT2D eigenvalue weighted by Gasteiger charge is 2.19. The second-order valence-electron chi connectivity index (χ2n) is 7.62.